The van der Waals surface area contributed by atoms with Gasteiger partial charge in [0.1, 0.15) is 5.75 Å². The summed E-state index contributed by atoms with van der Waals surface area (Å²) in [5.74, 6) is 0.946. The van der Waals surface area contributed by atoms with Gasteiger partial charge in [0.2, 0.25) is 0 Å². The zero-order valence-electron chi connectivity index (χ0n) is 8.71. The fraction of sp³-hybridized carbons (Fsp3) is 0.111. The molecule has 0 radical (unpaired) electrons. The van der Waals surface area contributed by atoms with Gasteiger partial charge in [-0.3, -0.25) is 0 Å². The summed E-state index contributed by atoms with van der Waals surface area (Å²) in [6, 6.07) is 6.88. The van der Waals surface area contributed by atoms with Crippen molar-refractivity contribution >= 4 is 19.7 Å². The van der Waals surface area contributed by atoms with Crippen LogP contribution in [0.4, 0.5) is 0 Å². The van der Waals surface area contributed by atoms with Crippen molar-refractivity contribution in [2.24, 2.45) is 0 Å². The van der Waals surface area contributed by atoms with Gasteiger partial charge in [0.15, 0.2) is 5.82 Å². The van der Waals surface area contributed by atoms with E-state index in [0.717, 1.165) is 0 Å². The van der Waals surface area contributed by atoms with E-state index < -0.39 is 9.05 Å². The Bertz CT molecular complexity index is 621. The molecule has 8 heteroatoms. The van der Waals surface area contributed by atoms with Crippen molar-refractivity contribution < 1.29 is 13.2 Å². The molecule has 0 unspecified atom stereocenters. The number of aromatic amines is 1. The Morgan fingerprint density at radius 3 is 2.41 bits per heavy atom. The molecule has 2 aromatic rings. The van der Waals surface area contributed by atoms with Crippen LogP contribution in [-0.4, -0.2) is 30.7 Å². The van der Waals surface area contributed by atoms with Crippen LogP contribution >= 0.6 is 10.7 Å². The van der Waals surface area contributed by atoms with Crippen molar-refractivity contribution in [1.29, 1.82) is 0 Å². The van der Waals surface area contributed by atoms with Crippen LogP contribution < -0.4 is 4.74 Å². The van der Waals surface area contributed by atoms with Crippen LogP contribution in [0.1, 0.15) is 0 Å². The molecule has 1 aromatic heterocycles. The van der Waals surface area contributed by atoms with Crippen LogP contribution in [0.5, 0.6) is 5.75 Å². The number of hydrogen-bond donors (Lipinski definition) is 1. The van der Waals surface area contributed by atoms with E-state index in [1.54, 1.807) is 31.4 Å². The number of nitrogens with zero attached hydrogens (tertiary/aromatic N) is 2. The number of aromatic nitrogens is 3. The third kappa shape index (κ3) is 2.56. The van der Waals surface area contributed by atoms with Crippen LogP contribution in [0, 0.1) is 0 Å². The number of benzene rings is 1. The highest BCUT2D eigenvalue weighted by Gasteiger charge is 2.16. The van der Waals surface area contributed by atoms with Gasteiger partial charge in [0, 0.05) is 16.2 Å². The van der Waals surface area contributed by atoms with E-state index in [0.29, 0.717) is 11.3 Å². The van der Waals surface area contributed by atoms with Gasteiger partial charge in [-0.25, -0.2) is 13.5 Å². The molecule has 2 rings (SSSR count). The summed E-state index contributed by atoms with van der Waals surface area (Å²) in [7, 11) is 2.80. The summed E-state index contributed by atoms with van der Waals surface area (Å²) in [6.07, 6.45) is 0. The lowest BCUT2D eigenvalue weighted by atomic mass is 10.2. The quantitative estimate of drug-likeness (QED) is 0.855. The Morgan fingerprint density at radius 1 is 1.29 bits per heavy atom. The molecular formula is C9H8ClN3O3S. The van der Waals surface area contributed by atoms with E-state index in [1.807, 2.05) is 0 Å². The molecule has 0 aliphatic rings. The molecule has 0 bridgehead atoms. The third-order valence-electron chi connectivity index (χ3n) is 2.04. The number of rotatable bonds is 3. The van der Waals surface area contributed by atoms with Crippen molar-refractivity contribution in [3.8, 4) is 17.1 Å². The molecule has 0 saturated carbocycles. The third-order valence-corrected chi connectivity index (χ3v) is 3.13. The first kappa shape index (κ1) is 11.9. The normalized spacial score (nSPS) is 11.4. The molecule has 0 amide bonds. The summed E-state index contributed by atoms with van der Waals surface area (Å²) in [5.41, 5.74) is 0.661. The average molecular weight is 274 g/mol. The van der Waals surface area contributed by atoms with Crippen molar-refractivity contribution in [1.82, 2.24) is 15.2 Å². The summed E-state index contributed by atoms with van der Waals surface area (Å²) < 4.78 is 27.0. The van der Waals surface area contributed by atoms with Crippen molar-refractivity contribution in [3.63, 3.8) is 0 Å². The number of hydrogen-bond acceptors (Lipinski definition) is 5. The molecular weight excluding hydrogens is 266 g/mol. The fourth-order valence-electron chi connectivity index (χ4n) is 1.23. The van der Waals surface area contributed by atoms with E-state index in [9.17, 15) is 8.42 Å². The maximum absolute atomic E-state index is 11.0. The van der Waals surface area contributed by atoms with E-state index >= 15 is 0 Å². The molecule has 0 aliphatic carbocycles. The van der Waals surface area contributed by atoms with Crippen LogP contribution in [0.3, 0.4) is 0 Å². The molecule has 0 atom stereocenters. The molecule has 0 spiro atoms. The molecule has 6 nitrogen and oxygen atoms in total. The zero-order chi connectivity index (χ0) is 12.5. The van der Waals surface area contributed by atoms with E-state index in [2.05, 4.69) is 15.2 Å². The lowest BCUT2D eigenvalue weighted by molar-refractivity contribution is 0.415. The Hall–Kier alpha value is -1.60. The molecule has 0 fully saturated rings. The largest absolute Gasteiger partial charge is 0.497 e. The molecule has 0 aliphatic heterocycles. The standard InChI is InChI=1S/C9H8ClN3O3S/c1-16-7-4-2-6(3-5-7)8-11-9(13-12-8)17(10,14)15/h2-5H,1H3,(H,11,12,13). The van der Waals surface area contributed by atoms with Crippen LogP contribution in [0.2, 0.25) is 0 Å². The van der Waals surface area contributed by atoms with Gasteiger partial charge in [-0.2, -0.15) is 10.1 Å². The highest BCUT2D eigenvalue weighted by molar-refractivity contribution is 8.13. The lowest BCUT2D eigenvalue weighted by Gasteiger charge is -1.99. The highest BCUT2D eigenvalue weighted by Crippen LogP contribution is 2.20. The van der Waals surface area contributed by atoms with Crippen molar-refractivity contribution in [2.75, 3.05) is 7.11 Å². The molecule has 17 heavy (non-hydrogen) atoms. The second-order valence-electron chi connectivity index (χ2n) is 3.13. The monoisotopic (exact) mass is 273 g/mol. The summed E-state index contributed by atoms with van der Waals surface area (Å²) in [6.45, 7) is 0. The van der Waals surface area contributed by atoms with Crippen LogP contribution in [0.25, 0.3) is 11.4 Å². The van der Waals surface area contributed by atoms with Gasteiger partial charge < -0.3 is 4.74 Å². The summed E-state index contributed by atoms with van der Waals surface area (Å²) >= 11 is 0. The summed E-state index contributed by atoms with van der Waals surface area (Å²) in [5, 5.41) is 5.66. The van der Waals surface area contributed by atoms with Crippen LogP contribution in [-0.2, 0) is 9.05 Å². The van der Waals surface area contributed by atoms with Gasteiger partial charge in [0.05, 0.1) is 7.11 Å². The Labute approximate surface area is 102 Å². The summed E-state index contributed by atoms with van der Waals surface area (Å²) in [4.78, 5) is 3.78. The molecule has 1 aromatic carbocycles. The number of nitrogens with one attached hydrogen (secondary N) is 1. The minimum atomic E-state index is -3.88. The molecule has 1 N–H and O–H groups in total. The maximum atomic E-state index is 11.0. The van der Waals surface area contributed by atoms with Gasteiger partial charge in [-0.1, -0.05) is 0 Å². The molecule has 90 valence electrons. The topological polar surface area (TPSA) is 84.9 Å². The first-order valence-electron chi connectivity index (χ1n) is 4.52. The molecule has 1 heterocycles. The first-order valence-corrected chi connectivity index (χ1v) is 6.83. The smallest absolute Gasteiger partial charge is 0.296 e. The minimum absolute atomic E-state index is 0.256. The van der Waals surface area contributed by atoms with Gasteiger partial charge >= 0.3 is 0 Å². The number of halogens is 1. The predicted octanol–water partition coefficient (Wildman–Crippen LogP) is 1.41. The highest BCUT2D eigenvalue weighted by atomic mass is 35.7. The second kappa shape index (κ2) is 4.34. The van der Waals surface area contributed by atoms with Crippen molar-refractivity contribution in [3.05, 3.63) is 24.3 Å². The predicted molar refractivity (Wildman–Crippen MR) is 61.4 cm³/mol. The van der Waals surface area contributed by atoms with Crippen LogP contribution in [0.15, 0.2) is 29.4 Å². The average Bonchev–Trinajstić information content (AvgIpc) is 2.78. The lowest BCUT2D eigenvalue weighted by Crippen LogP contribution is -1.92. The Balaban J connectivity index is 2.37. The van der Waals surface area contributed by atoms with E-state index in [4.69, 9.17) is 15.4 Å². The van der Waals surface area contributed by atoms with E-state index in [-0.39, 0.29) is 11.0 Å². The number of ether oxygens (including phenoxy) is 1. The first-order chi connectivity index (χ1) is 8.00. The van der Waals surface area contributed by atoms with Gasteiger partial charge in [-0.15, -0.1) is 0 Å². The Kier molecular flexibility index (Phi) is 3.03. The minimum Gasteiger partial charge on any atom is -0.497 e. The van der Waals surface area contributed by atoms with E-state index in [1.165, 1.54) is 0 Å². The van der Waals surface area contributed by atoms with Gasteiger partial charge in [0.25, 0.3) is 14.2 Å². The fourth-order valence-corrected chi connectivity index (χ4v) is 1.78. The SMILES string of the molecule is COc1ccc(-c2n[nH]c(S(=O)(=O)Cl)n2)cc1. The number of H-pyrrole nitrogens is 1. The Morgan fingerprint density at radius 2 is 1.94 bits per heavy atom. The van der Waals surface area contributed by atoms with Gasteiger partial charge in [-0.05, 0) is 24.3 Å². The maximum Gasteiger partial charge on any atom is 0.296 e. The van der Waals surface area contributed by atoms with Crippen molar-refractivity contribution in [2.45, 2.75) is 5.16 Å². The molecule has 0 saturated heterocycles. The zero-order valence-corrected chi connectivity index (χ0v) is 10.3. The number of methoxy groups -OCH3 is 1. The second-order valence-corrected chi connectivity index (χ2v) is 5.61.